The van der Waals surface area contributed by atoms with Gasteiger partial charge in [-0.25, -0.2) is 0 Å². The Labute approximate surface area is 181 Å². The standard InChI is InChI=1S/C20H17Cl2F3N2O3/c1-12-4-3-5-16(19(10-28)26-29-2)17(12)11-30-27-18(9-20(23,24)25)13-6-14(21)8-15(22)7-13/h3-8,10H,9,11H2,1-2H3/b26-19-,27-18+. The Kier molecular flexibility index (Phi) is 8.25. The molecule has 0 spiro atoms. The third kappa shape index (κ3) is 6.74. The molecule has 2 aromatic carbocycles. The summed E-state index contributed by atoms with van der Waals surface area (Å²) in [6, 6.07) is 9.11. The number of carbonyl (C=O) groups is 1. The third-order valence-electron chi connectivity index (χ3n) is 3.93. The van der Waals surface area contributed by atoms with Crippen molar-refractivity contribution in [3.63, 3.8) is 0 Å². The van der Waals surface area contributed by atoms with Crippen molar-refractivity contribution >= 4 is 40.9 Å². The highest BCUT2D eigenvalue weighted by atomic mass is 35.5. The van der Waals surface area contributed by atoms with E-state index in [1.54, 1.807) is 25.1 Å². The Morgan fingerprint density at radius 1 is 1.13 bits per heavy atom. The number of benzene rings is 2. The van der Waals surface area contributed by atoms with Gasteiger partial charge in [0.2, 0.25) is 0 Å². The lowest BCUT2D eigenvalue weighted by Gasteiger charge is -2.13. The largest absolute Gasteiger partial charge is 0.399 e. The number of aldehydes is 1. The molecule has 0 unspecified atom stereocenters. The van der Waals surface area contributed by atoms with Crippen LogP contribution >= 0.6 is 23.2 Å². The van der Waals surface area contributed by atoms with E-state index in [4.69, 9.17) is 28.0 Å². The van der Waals surface area contributed by atoms with Crippen LogP contribution in [0.4, 0.5) is 13.2 Å². The molecule has 0 saturated carbocycles. The third-order valence-corrected chi connectivity index (χ3v) is 4.37. The SMILES string of the molecule is CO/N=C(/C=O)c1cccc(C)c1CO/N=C(\CC(F)(F)F)c1cc(Cl)cc(Cl)c1. The molecule has 160 valence electrons. The highest BCUT2D eigenvalue weighted by Crippen LogP contribution is 2.26. The van der Waals surface area contributed by atoms with Crippen molar-refractivity contribution in [3.8, 4) is 0 Å². The molecule has 0 atom stereocenters. The number of alkyl halides is 3. The monoisotopic (exact) mass is 460 g/mol. The van der Waals surface area contributed by atoms with Crippen molar-refractivity contribution in [2.24, 2.45) is 10.3 Å². The van der Waals surface area contributed by atoms with Gasteiger partial charge in [0.15, 0.2) is 6.29 Å². The van der Waals surface area contributed by atoms with Gasteiger partial charge >= 0.3 is 6.18 Å². The van der Waals surface area contributed by atoms with Crippen molar-refractivity contribution in [1.82, 2.24) is 0 Å². The van der Waals surface area contributed by atoms with Crippen LogP contribution < -0.4 is 0 Å². The molecule has 0 aromatic heterocycles. The number of oxime groups is 2. The highest BCUT2D eigenvalue weighted by Gasteiger charge is 2.31. The molecule has 0 bridgehead atoms. The molecule has 2 rings (SSSR count). The number of aryl methyl sites for hydroxylation is 1. The topological polar surface area (TPSA) is 60.2 Å². The first-order valence-electron chi connectivity index (χ1n) is 8.52. The fraction of sp³-hybridized carbons (Fsp3) is 0.250. The maximum Gasteiger partial charge on any atom is 0.394 e. The number of rotatable bonds is 8. The highest BCUT2D eigenvalue weighted by molar-refractivity contribution is 6.36. The van der Waals surface area contributed by atoms with Gasteiger partial charge in [-0.1, -0.05) is 51.7 Å². The summed E-state index contributed by atoms with van der Waals surface area (Å²) in [6.07, 6.45) is -5.36. The molecule has 0 N–H and O–H groups in total. The molecule has 10 heteroatoms. The summed E-state index contributed by atoms with van der Waals surface area (Å²) >= 11 is 11.8. The van der Waals surface area contributed by atoms with E-state index in [1.807, 2.05) is 0 Å². The Morgan fingerprint density at radius 3 is 2.37 bits per heavy atom. The molecule has 30 heavy (non-hydrogen) atoms. The predicted octanol–water partition coefficient (Wildman–Crippen LogP) is 5.72. The number of hydrogen-bond acceptors (Lipinski definition) is 5. The molecule has 5 nitrogen and oxygen atoms in total. The molecule has 0 radical (unpaired) electrons. The van der Waals surface area contributed by atoms with Crippen molar-refractivity contribution in [3.05, 3.63) is 68.7 Å². The molecular weight excluding hydrogens is 444 g/mol. The van der Waals surface area contributed by atoms with E-state index in [2.05, 4.69) is 15.1 Å². The quantitative estimate of drug-likeness (QED) is 0.287. The maximum absolute atomic E-state index is 13.0. The van der Waals surface area contributed by atoms with Crippen LogP contribution in [0.1, 0.15) is 28.7 Å². The smallest absolute Gasteiger partial charge is 0.394 e. The Morgan fingerprint density at radius 2 is 1.80 bits per heavy atom. The average Bonchev–Trinajstić information content (AvgIpc) is 2.65. The first-order valence-corrected chi connectivity index (χ1v) is 9.27. The zero-order chi connectivity index (χ0) is 22.3. The van der Waals surface area contributed by atoms with E-state index in [1.165, 1.54) is 25.3 Å². The van der Waals surface area contributed by atoms with Crippen LogP contribution in [0.15, 0.2) is 46.7 Å². The summed E-state index contributed by atoms with van der Waals surface area (Å²) in [4.78, 5) is 21.2. The lowest BCUT2D eigenvalue weighted by Crippen LogP contribution is -2.17. The van der Waals surface area contributed by atoms with Crippen LogP contribution in [0.25, 0.3) is 0 Å². The van der Waals surface area contributed by atoms with Gasteiger partial charge in [0.25, 0.3) is 0 Å². The molecule has 0 aliphatic heterocycles. The number of nitrogens with zero attached hydrogens (tertiary/aromatic N) is 2. The van der Waals surface area contributed by atoms with E-state index in [9.17, 15) is 18.0 Å². The van der Waals surface area contributed by atoms with Crippen molar-refractivity contribution in [2.75, 3.05) is 7.11 Å². The minimum atomic E-state index is -4.53. The maximum atomic E-state index is 13.0. The second-order valence-electron chi connectivity index (χ2n) is 6.14. The van der Waals surface area contributed by atoms with E-state index < -0.39 is 12.6 Å². The van der Waals surface area contributed by atoms with Gasteiger partial charge in [-0.15, -0.1) is 0 Å². The normalized spacial score (nSPS) is 12.6. The zero-order valence-electron chi connectivity index (χ0n) is 16.0. The molecule has 0 amide bonds. The number of hydrogen-bond donors (Lipinski definition) is 0. The lowest BCUT2D eigenvalue weighted by atomic mass is 9.99. The molecule has 0 aliphatic carbocycles. The molecule has 0 saturated heterocycles. The van der Waals surface area contributed by atoms with Crippen molar-refractivity contribution < 1.29 is 27.6 Å². The van der Waals surface area contributed by atoms with Gasteiger partial charge in [-0.2, -0.15) is 13.2 Å². The summed E-state index contributed by atoms with van der Waals surface area (Å²) < 4.78 is 39.1. The fourth-order valence-corrected chi connectivity index (χ4v) is 3.16. The first kappa shape index (κ1) is 23.7. The fourth-order valence-electron chi connectivity index (χ4n) is 2.64. The molecule has 0 aliphatic rings. The van der Waals surface area contributed by atoms with Crippen LogP contribution in [0.3, 0.4) is 0 Å². The molecule has 0 heterocycles. The van der Waals surface area contributed by atoms with Crippen LogP contribution in [0.2, 0.25) is 10.0 Å². The summed E-state index contributed by atoms with van der Waals surface area (Å²) in [5.41, 5.74) is 1.40. The van der Waals surface area contributed by atoms with Crippen molar-refractivity contribution in [1.29, 1.82) is 0 Å². The van der Waals surface area contributed by atoms with Crippen LogP contribution in [-0.4, -0.2) is 31.0 Å². The van der Waals surface area contributed by atoms with Gasteiger partial charge in [0.1, 0.15) is 19.4 Å². The Balaban J connectivity index is 2.38. The van der Waals surface area contributed by atoms with Crippen molar-refractivity contribution in [2.45, 2.75) is 26.1 Å². The van der Waals surface area contributed by atoms with E-state index in [-0.39, 0.29) is 33.6 Å². The summed E-state index contributed by atoms with van der Waals surface area (Å²) in [5, 5.41) is 7.68. The predicted molar refractivity (Wildman–Crippen MR) is 109 cm³/mol. The minimum absolute atomic E-state index is 0.0147. The van der Waals surface area contributed by atoms with E-state index in [0.717, 1.165) is 5.56 Å². The van der Waals surface area contributed by atoms with Gasteiger partial charge < -0.3 is 9.68 Å². The second-order valence-corrected chi connectivity index (χ2v) is 7.01. The van der Waals surface area contributed by atoms with E-state index in [0.29, 0.717) is 17.4 Å². The first-order chi connectivity index (χ1) is 14.1. The molecular formula is C20H17Cl2F3N2O3. The zero-order valence-corrected chi connectivity index (χ0v) is 17.5. The molecule has 0 fully saturated rings. The lowest BCUT2D eigenvalue weighted by molar-refractivity contribution is -0.121. The van der Waals surface area contributed by atoms with Gasteiger partial charge in [0, 0.05) is 26.7 Å². The Hall–Kier alpha value is -2.58. The summed E-state index contributed by atoms with van der Waals surface area (Å²) in [7, 11) is 1.29. The minimum Gasteiger partial charge on any atom is -0.399 e. The second kappa shape index (κ2) is 10.4. The van der Waals surface area contributed by atoms with Crippen LogP contribution in [-0.2, 0) is 21.1 Å². The van der Waals surface area contributed by atoms with E-state index >= 15 is 0 Å². The number of carbonyl (C=O) groups excluding carboxylic acids is 1. The van der Waals surface area contributed by atoms with Crippen LogP contribution in [0, 0.1) is 6.92 Å². The van der Waals surface area contributed by atoms with Gasteiger partial charge in [-0.3, -0.25) is 4.79 Å². The van der Waals surface area contributed by atoms with Gasteiger partial charge in [-0.05, 0) is 30.7 Å². The Bertz CT molecular complexity index is 956. The van der Waals surface area contributed by atoms with Crippen LogP contribution in [0.5, 0.6) is 0 Å². The van der Waals surface area contributed by atoms with Gasteiger partial charge in [0.05, 0.1) is 12.1 Å². The molecule has 2 aromatic rings. The number of halogens is 5. The summed E-state index contributed by atoms with van der Waals surface area (Å²) in [5.74, 6) is 0. The average molecular weight is 461 g/mol. The summed E-state index contributed by atoms with van der Waals surface area (Å²) in [6.45, 7) is 1.56.